The largest absolute Gasteiger partial charge is 0.396 e. The smallest absolute Gasteiger partial charge is 0.251 e. The lowest BCUT2D eigenvalue weighted by Gasteiger charge is -2.23. The molecule has 0 saturated heterocycles. The van der Waals surface area contributed by atoms with Gasteiger partial charge in [0, 0.05) is 24.3 Å². The third-order valence-corrected chi connectivity index (χ3v) is 3.50. The fourth-order valence-corrected chi connectivity index (χ4v) is 2.08. The Bertz CT molecular complexity index is 649. The van der Waals surface area contributed by atoms with Crippen LogP contribution in [0, 0.1) is 12.3 Å². The van der Waals surface area contributed by atoms with E-state index in [4.69, 9.17) is 5.11 Å². The Hall–Kier alpha value is -2.21. The number of amides is 1. The molecule has 6 nitrogen and oxygen atoms in total. The summed E-state index contributed by atoms with van der Waals surface area (Å²) in [4.78, 5) is 16.5. The van der Waals surface area contributed by atoms with E-state index in [0.717, 1.165) is 11.4 Å². The minimum absolute atomic E-state index is 0.114. The molecule has 0 fully saturated rings. The molecule has 6 heteroatoms. The maximum atomic E-state index is 12.3. The van der Waals surface area contributed by atoms with Crippen LogP contribution >= 0.6 is 0 Å². The predicted molar refractivity (Wildman–Crippen MR) is 84.4 cm³/mol. The quantitative estimate of drug-likeness (QED) is 0.760. The normalized spacial score (nSPS) is 11.5. The van der Waals surface area contributed by atoms with Crippen LogP contribution in [0.4, 0.5) is 0 Å². The summed E-state index contributed by atoms with van der Waals surface area (Å²) in [5.41, 5.74) is 1.23. The van der Waals surface area contributed by atoms with Crippen LogP contribution in [-0.2, 0) is 0 Å². The van der Waals surface area contributed by atoms with E-state index >= 15 is 0 Å². The average Bonchev–Trinajstić information content (AvgIpc) is 2.92. The first-order valence-electron chi connectivity index (χ1n) is 7.30. The van der Waals surface area contributed by atoms with Gasteiger partial charge >= 0.3 is 0 Å². The summed E-state index contributed by atoms with van der Waals surface area (Å²) in [5, 5.41) is 18.8. The number of aliphatic hydroxyl groups is 1. The molecule has 3 N–H and O–H groups in total. The minimum Gasteiger partial charge on any atom is -0.396 e. The summed E-state index contributed by atoms with van der Waals surface area (Å²) in [6, 6.07) is 7.22. The van der Waals surface area contributed by atoms with Crippen LogP contribution in [0.5, 0.6) is 0 Å². The van der Waals surface area contributed by atoms with Crippen molar-refractivity contribution < 1.29 is 9.90 Å². The molecule has 0 atom stereocenters. The van der Waals surface area contributed by atoms with Crippen LogP contribution in [0.25, 0.3) is 11.4 Å². The van der Waals surface area contributed by atoms with Gasteiger partial charge in [-0.05, 0) is 30.9 Å². The lowest BCUT2D eigenvalue weighted by Crippen LogP contribution is -2.34. The molecule has 0 saturated carbocycles. The van der Waals surface area contributed by atoms with Gasteiger partial charge in [-0.15, -0.1) is 0 Å². The van der Waals surface area contributed by atoms with Crippen LogP contribution in [-0.4, -0.2) is 39.3 Å². The Morgan fingerprint density at radius 2 is 2.18 bits per heavy atom. The van der Waals surface area contributed by atoms with Gasteiger partial charge < -0.3 is 10.4 Å². The number of aliphatic hydroxyl groups excluding tert-OH is 1. The zero-order valence-electron chi connectivity index (χ0n) is 13.2. The van der Waals surface area contributed by atoms with Gasteiger partial charge in [-0.1, -0.05) is 26.0 Å². The third-order valence-electron chi connectivity index (χ3n) is 3.50. The van der Waals surface area contributed by atoms with Crippen LogP contribution in [0.1, 0.15) is 36.5 Å². The molecule has 1 heterocycles. The van der Waals surface area contributed by atoms with E-state index < -0.39 is 0 Å². The number of aromatic nitrogens is 3. The molecule has 0 unspecified atom stereocenters. The fraction of sp³-hybridized carbons (Fsp3) is 0.438. The molecule has 22 heavy (non-hydrogen) atoms. The molecule has 2 rings (SSSR count). The number of carbonyl (C=O) groups excluding carboxylic acids is 1. The number of hydrogen-bond donors (Lipinski definition) is 3. The van der Waals surface area contributed by atoms with E-state index in [1.54, 1.807) is 12.1 Å². The topological polar surface area (TPSA) is 90.9 Å². The number of nitrogens with one attached hydrogen (secondary N) is 2. The fourth-order valence-electron chi connectivity index (χ4n) is 2.08. The number of carbonyl (C=O) groups is 1. The monoisotopic (exact) mass is 302 g/mol. The van der Waals surface area contributed by atoms with Crippen LogP contribution in [0.15, 0.2) is 24.3 Å². The zero-order valence-corrected chi connectivity index (χ0v) is 13.2. The van der Waals surface area contributed by atoms with Crippen molar-refractivity contribution in [2.75, 3.05) is 13.2 Å². The van der Waals surface area contributed by atoms with Crippen molar-refractivity contribution in [3.63, 3.8) is 0 Å². The van der Waals surface area contributed by atoms with Gasteiger partial charge in [-0.2, -0.15) is 5.10 Å². The van der Waals surface area contributed by atoms with Crippen molar-refractivity contribution in [3.05, 3.63) is 35.7 Å². The SMILES string of the molecule is Cc1nc(-c2cccc(C(=O)NCC(C)(C)CCO)c2)n[nH]1. The Balaban J connectivity index is 2.08. The van der Waals surface area contributed by atoms with Crippen molar-refractivity contribution in [1.29, 1.82) is 0 Å². The highest BCUT2D eigenvalue weighted by atomic mass is 16.3. The maximum Gasteiger partial charge on any atom is 0.251 e. The Labute approximate surface area is 130 Å². The van der Waals surface area contributed by atoms with E-state index in [1.165, 1.54) is 0 Å². The second-order valence-electron chi connectivity index (χ2n) is 6.15. The number of H-pyrrole nitrogens is 1. The highest BCUT2D eigenvalue weighted by Gasteiger charge is 2.18. The highest BCUT2D eigenvalue weighted by Crippen LogP contribution is 2.19. The number of benzene rings is 1. The van der Waals surface area contributed by atoms with Crippen LogP contribution in [0.3, 0.4) is 0 Å². The molecule has 0 radical (unpaired) electrons. The van der Waals surface area contributed by atoms with Gasteiger partial charge in [0.15, 0.2) is 5.82 Å². The molecule has 118 valence electrons. The Morgan fingerprint density at radius 1 is 1.41 bits per heavy atom. The summed E-state index contributed by atoms with van der Waals surface area (Å²) in [6.45, 7) is 6.47. The second kappa shape index (κ2) is 6.70. The van der Waals surface area contributed by atoms with Gasteiger partial charge in [0.2, 0.25) is 0 Å². The van der Waals surface area contributed by atoms with Crippen molar-refractivity contribution >= 4 is 5.91 Å². The van der Waals surface area contributed by atoms with E-state index in [9.17, 15) is 4.79 Å². The molecule has 2 aromatic rings. The number of aromatic amines is 1. The highest BCUT2D eigenvalue weighted by molar-refractivity contribution is 5.95. The molecule has 0 spiro atoms. The Morgan fingerprint density at radius 3 is 2.82 bits per heavy atom. The van der Waals surface area contributed by atoms with Gasteiger partial charge in [0.05, 0.1) is 0 Å². The Kier molecular flexibility index (Phi) is 4.92. The van der Waals surface area contributed by atoms with E-state index in [-0.39, 0.29) is 17.9 Å². The average molecular weight is 302 g/mol. The van der Waals surface area contributed by atoms with Gasteiger partial charge in [0.1, 0.15) is 5.82 Å². The third kappa shape index (κ3) is 4.14. The molecular formula is C16H22N4O2. The maximum absolute atomic E-state index is 12.3. The molecule has 1 amide bonds. The van der Waals surface area contributed by atoms with Crippen molar-refractivity contribution in [2.45, 2.75) is 27.2 Å². The zero-order chi connectivity index (χ0) is 16.2. The molecule has 1 aromatic heterocycles. The van der Waals surface area contributed by atoms with Crippen LogP contribution in [0.2, 0.25) is 0 Å². The van der Waals surface area contributed by atoms with Gasteiger partial charge in [0.25, 0.3) is 5.91 Å². The number of aryl methyl sites for hydroxylation is 1. The van der Waals surface area contributed by atoms with Gasteiger partial charge in [-0.25, -0.2) is 4.98 Å². The van der Waals surface area contributed by atoms with Crippen molar-refractivity contribution in [1.82, 2.24) is 20.5 Å². The summed E-state index contributed by atoms with van der Waals surface area (Å²) in [6.07, 6.45) is 0.643. The molecule has 0 aliphatic heterocycles. The lowest BCUT2D eigenvalue weighted by atomic mass is 9.89. The first-order valence-corrected chi connectivity index (χ1v) is 7.30. The van der Waals surface area contributed by atoms with E-state index in [1.807, 2.05) is 32.9 Å². The minimum atomic E-state index is -0.139. The number of hydrogen-bond acceptors (Lipinski definition) is 4. The first-order chi connectivity index (χ1) is 10.4. The van der Waals surface area contributed by atoms with Crippen molar-refractivity contribution in [2.24, 2.45) is 5.41 Å². The molecular weight excluding hydrogens is 280 g/mol. The summed E-state index contributed by atoms with van der Waals surface area (Å²) in [7, 11) is 0. The molecule has 1 aromatic carbocycles. The standard InChI is InChI=1S/C16H22N4O2/c1-11-18-14(20-19-11)12-5-4-6-13(9-12)15(22)17-10-16(2,3)7-8-21/h4-6,9,21H,7-8,10H2,1-3H3,(H,17,22)(H,18,19,20). The first kappa shape index (κ1) is 16.2. The summed E-state index contributed by atoms with van der Waals surface area (Å²) in [5.74, 6) is 1.17. The number of rotatable bonds is 6. The number of nitrogens with zero attached hydrogens (tertiary/aromatic N) is 2. The summed E-state index contributed by atoms with van der Waals surface area (Å²) >= 11 is 0. The predicted octanol–water partition coefficient (Wildman–Crippen LogP) is 1.92. The van der Waals surface area contributed by atoms with Crippen LogP contribution < -0.4 is 5.32 Å². The second-order valence-corrected chi connectivity index (χ2v) is 6.15. The molecule has 0 aliphatic carbocycles. The molecule has 0 aliphatic rings. The lowest BCUT2D eigenvalue weighted by molar-refractivity contribution is 0.0928. The van der Waals surface area contributed by atoms with Crippen molar-refractivity contribution in [3.8, 4) is 11.4 Å². The summed E-state index contributed by atoms with van der Waals surface area (Å²) < 4.78 is 0. The van der Waals surface area contributed by atoms with E-state index in [0.29, 0.717) is 24.4 Å². The molecule has 0 bridgehead atoms. The van der Waals surface area contributed by atoms with Gasteiger partial charge in [-0.3, -0.25) is 9.89 Å². The van der Waals surface area contributed by atoms with E-state index in [2.05, 4.69) is 20.5 Å².